The van der Waals surface area contributed by atoms with Crippen molar-refractivity contribution in [2.75, 3.05) is 19.7 Å². The summed E-state index contributed by atoms with van der Waals surface area (Å²) < 4.78 is 17.0. The van der Waals surface area contributed by atoms with E-state index in [1.165, 1.54) is 11.1 Å². The van der Waals surface area contributed by atoms with E-state index in [-0.39, 0.29) is 12.0 Å². The van der Waals surface area contributed by atoms with Crippen LogP contribution in [0.25, 0.3) is 0 Å². The highest BCUT2D eigenvalue weighted by Gasteiger charge is 2.36. The van der Waals surface area contributed by atoms with Gasteiger partial charge in [0.1, 0.15) is 5.75 Å². The molecule has 0 unspecified atom stereocenters. The smallest absolute Gasteiger partial charge is 0.264 e. The van der Waals surface area contributed by atoms with Crippen LogP contribution in [0, 0.1) is 20.8 Å². The summed E-state index contributed by atoms with van der Waals surface area (Å²) in [4.78, 5) is 14.7. The molecule has 1 fully saturated rings. The lowest BCUT2D eigenvalue weighted by Gasteiger charge is -2.32. The minimum absolute atomic E-state index is 0.0176. The van der Waals surface area contributed by atoms with Crippen molar-refractivity contribution in [3.05, 3.63) is 40.6 Å². The Labute approximate surface area is 145 Å². The van der Waals surface area contributed by atoms with Gasteiger partial charge in [0.2, 0.25) is 11.8 Å². The van der Waals surface area contributed by atoms with E-state index < -0.39 is 6.10 Å². The number of carbonyl (C=O) groups is 1. The van der Waals surface area contributed by atoms with Gasteiger partial charge in [-0.1, -0.05) is 6.07 Å². The average Bonchev–Trinajstić information content (AvgIpc) is 3.21. The lowest BCUT2D eigenvalue weighted by molar-refractivity contribution is -0.146. The molecule has 7 nitrogen and oxygen atoms in total. The molecule has 4 rings (SSSR count). The molecular weight excluding hydrogens is 322 g/mol. The predicted octanol–water partition coefficient (Wildman–Crippen LogP) is 1.90. The molecule has 7 heteroatoms. The highest BCUT2D eigenvalue weighted by Crippen LogP contribution is 2.32. The van der Waals surface area contributed by atoms with Crippen molar-refractivity contribution in [2.45, 2.75) is 39.4 Å². The molecule has 0 aliphatic carbocycles. The van der Waals surface area contributed by atoms with Gasteiger partial charge in [-0.2, -0.15) is 0 Å². The van der Waals surface area contributed by atoms with Crippen LogP contribution in [0.3, 0.4) is 0 Å². The Balaban J connectivity index is 1.46. The second-order valence-corrected chi connectivity index (χ2v) is 6.66. The molecule has 0 spiro atoms. The van der Waals surface area contributed by atoms with Crippen LogP contribution in [0.1, 0.15) is 34.6 Å². The maximum atomic E-state index is 12.9. The molecule has 1 aromatic heterocycles. The summed E-state index contributed by atoms with van der Waals surface area (Å²) in [5.41, 5.74) is 3.48. The first kappa shape index (κ1) is 16.1. The highest BCUT2D eigenvalue weighted by atomic mass is 16.5. The molecule has 2 aromatic rings. The van der Waals surface area contributed by atoms with E-state index in [1.54, 1.807) is 11.8 Å². The van der Waals surface area contributed by atoms with E-state index in [0.717, 1.165) is 11.3 Å². The third-order valence-corrected chi connectivity index (χ3v) is 4.82. The molecule has 2 aliphatic rings. The number of amides is 1. The topological polar surface area (TPSA) is 77.7 Å². The Kier molecular flexibility index (Phi) is 3.95. The fourth-order valence-corrected chi connectivity index (χ4v) is 3.30. The second kappa shape index (κ2) is 6.15. The summed E-state index contributed by atoms with van der Waals surface area (Å²) in [6.45, 7) is 7.23. The van der Waals surface area contributed by atoms with Crippen LogP contribution >= 0.6 is 0 Å². The SMILES string of the molecule is Cc1nnc([C@H]2CN(C(=O)[C@@H]3Cc4cc(C)c(C)cc4O3)CCO2)o1. The number of morpholine rings is 1. The fourth-order valence-electron chi connectivity index (χ4n) is 3.30. The number of nitrogens with zero attached hydrogens (tertiary/aromatic N) is 3. The number of fused-ring (bicyclic) bond motifs is 1. The first-order valence-corrected chi connectivity index (χ1v) is 8.48. The number of hydrogen-bond acceptors (Lipinski definition) is 6. The van der Waals surface area contributed by atoms with Crippen molar-refractivity contribution < 1.29 is 18.7 Å². The van der Waals surface area contributed by atoms with Gasteiger partial charge in [0.05, 0.1) is 13.2 Å². The molecule has 1 saturated heterocycles. The van der Waals surface area contributed by atoms with Crippen molar-refractivity contribution in [1.29, 1.82) is 0 Å². The van der Waals surface area contributed by atoms with Crippen molar-refractivity contribution in [3.63, 3.8) is 0 Å². The fraction of sp³-hybridized carbons (Fsp3) is 0.500. The number of carbonyl (C=O) groups excluding carboxylic acids is 1. The summed E-state index contributed by atoms with van der Waals surface area (Å²) in [5, 5.41) is 7.83. The summed E-state index contributed by atoms with van der Waals surface area (Å²) >= 11 is 0. The third-order valence-electron chi connectivity index (χ3n) is 4.82. The number of benzene rings is 1. The van der Waals surface area contributed by atoms with Gasteiger partial charge in [0, 0.05) is 19.9 Å². The number of aromatic nitrogens is 2. The normalized spacial score (nSPS) is 22.6. The molecule has 0 bridgehead atoms. The van der Waals surface area contributed by atoms with Crippen molar-refractivity contribution in [2.24, 2.45) is 0 Å². The van der Waals surface area contributed by atoms with Crippen LogP contribution in [-0.2, 0) is 16.0 Å². The number of aryl methyl sites for hydroxylation is 3. The van der Waals surface area contributed by atoms with Crippen LogP contribution < -0.4 is 4.74 Å². The van der Waals surface area contributed by atoms with Gasteiger partial charge in [-0.15, -0.1) is 10.2 Å². The zero-order valence-electron chi connectivity index (χ0n) is 14.6. The summed E-state index contributed by atoms with van der Waals surface area (Å²) in [7, 11) is 0. The van der Waals surface area contributed by atoms with E-state index >= 15 is 0 Å². The lowest BCUT2D eigenvalue weighted by atomic mass is 10.0. The molecular formula is C18H21N3O4. The number of hydrogen-bond donors (Lipinski definition) is 0. The zero-order valence-corrected chi connectivity index (χ0v) is 14.6. The second-order valence-electron chi connectivity index (χ2n) is 6.66. The Morgan fingerprint density at radius 3 is 2.76 bits per heavy atom. The van der Waals surface area contributed by atoms with Crippen molar-refractivity contribution in [3.8, 4) is 5.75 Å². The first-order valence-electron chi connectivity index (χ1n) is 8.48. The maximum Gasteiger partial charge on any atom is 0.264 e. The van der Waals surface area contributed by atoms with Crippen molar-refractivity contribution in [1.82, 2.24) is 15.1 Å². The maximum absolute atomic E-state index is 12.9. The Morgan fingerprint density at radius 2 is 2.00 bits per heavy atom. The largest absolute Gasteiger partial charge is 0.480 e. The van der Waals surface area contributed by atoms with Gasteiger partial charge >= 0.3 is 0 Å². The zero-order chi connectivity index (χ0) is 17.6. The van der Waals surface area contributed by atoms with Gasteiger partial charge in [0.25, 0.3) is 5.91 Å². The minimum atomic E-state index is -0.473. The van der Waals surface area contributed by atoms with E-state index in [2.05, 4.69) is 23.2 Å². The van der Waals surface area contributed by atoms with Crippen LogP contribution in [-0.4, -0.2) is 46.8 Å². The molecule has 2 aliphatic heterocycles. The quantitative estimate of drug-likeness (QED) is 0.829. The summed E-state index contributed by atoms with van der Waals surface area (Å²) in [5.74, 6) is 1.70. The minimum Gasteiger partial charge on any atom is -0.480 e. The summed E-state index contributed by atoms with van der Waals surface area (Å²) in [6.07, 6.45) is -0.247. The average molecular weight is 343 g/mol. The van der Waals surface area contributed by atoms with E-state index in [0.29, 0.717) is 37.9 Å². The van der Waals surface area contributed by atoms with Gasteiger partial charge in [-0.05, 0) is 36.6 Å². The number of rotatable bonds is 2. The Bertz CT molecular complexity index is 786. The molecule has 0 saturated carbocycles. The first-order chi connectivity index (χ1) is 12.0. The molecule has 1 amide bonds. The van der Waals surface area contributed by atoms with E-state index in [9.17, 15) is 4.79 Å². The Morgan fingerprint density at radius 1 is 1.20 bits per heavy atom. The Hall–Kier alpha value is -2.41. The number of ether oxygens (including phenoxy) is 2. The highest BCUT2D eigenvalue weighted by molar-refractivity contribution is 5.83. The monoisotopic (exact) mass is 343 g/mol. The van der Waals surface area contributed by atoms with Crippen LogP contribution in [0.5, 0.6) is 5.75 Å². The van der Waals surface area contributed by atoms with Crippen molar-refractivity contribution >= 4 is 5.91 Å². The molecule has 0 radical (unpaired) electrons. The standard InChI is InChI=1S/C18H21N3O4/c1-10-6-13-8-15(25-14(13)7-11(10)2)18(22)21-4-5-23-16(9-21)17-20-19-12(3)24-17/h6-7,15-16H,4-5,8-9H2,1-3H3/t15-,16+/m0/s1. The van der Waals surface area contributed by atoms with Gasteiger partial charge in [0.15, 0.2) is 12.2 Å². The molecule has 3 heterocycles. The molecule has 1 aromatic carbocycles. The third kappa shape index (κ3) is 3.00. The predicted molar refractivity (Wildman–Crippen MR) is 88.3 cm³/mol. The van der Waals surface area contributed by atoms with E-state index in [1.807, 2.05) is 13.0 Å². The molecule has 25 heavy (non-hydrogen) atoms. The molecule has 132 valence electrons. The van der Waals surface area contributed by atoms with E-state index in [4.69, 9.17) is 13.9 Å². The molecule has 0 N–H and O–H groups in total. The van der Waals surface area contributed by atoms with Crippen LogP contribution in [0.4, 0.5) is 0 Å². The van der Waals surface area contributed by atoms with Gasteiger partial charge in [-0.3, -0.25) is 4.79 Å². The summed E-state index contributed by atoms with van der Waals surface area (Å²) in [6, 6.07) is 4.13. The lowest BCUT2D eigenvalue weighted by Crippen LogP contribution is -2.48. The van der Waals surface area contributed by atoms with Gasteiger partial charge < -0.3 is 18.8 Å². The van der Waals surface area contributed by atoms with Gasteiger partial charge in [-0.25, -0.2) is 0 Å². The van der Waals surface area contributed by atoms with Crippen LogP contribution in [0.15, 0.2) is 16.5 Å². The van der Waals surface area contributed by atoms with Crippen LogP contribution in [0.2, 0.25) is 0 Å². The molecule has 2 atom stereocenters.